The Labute approximate surface area is 192 Å². The molecule has 5 nitrogen and oxygen atoms in total. The maximum atomic E-state index is 13.3. The second-order valence-electron chi connectivity index (χ2n) is 8.55. The number of fused-ring (bicyclic) bond motifs is 1. The lowest BCUT2D eigenvalue weighted by Gasteiger charge is -2.24. The Morgan fingerprint density at radius 1 is 1.00 bits per heavy atom. The van der Waals surface area contributed by atoms with E-state index in [1.165, 1.54) is 24.2 Å². The van der Waals surface area contributed by atoms with Crippen molar-refractivity contribution in [2.75, 3.05) is 5.32 Å². The van der Waals surface area contributed by atoms with Crippen LogP contribution in [0.1, 0.15) is 54.0 Å². The molecule has 1 aliphatic heterocycles. The Morgan fingerprint density at radius 3 is 2.38 bits per heavy atom. The fraction of sp³-hybridized carbons (Fsp3) is 0.320. The summed E-state index contributed by atoms with van der Waals surface area (Å²) in [6.45, 7) is 1.91. The van der Waals surface area contributed by atoms with Crippen LogP contribution in [0.5, 0.6) is 5.75 Å². The molecule has 1 fully saturated rings. The van der Waals surface area contributed by atoms with Gasteiger partial charge in [-0.1, -0.05) is 29.8 Å². The molecule has 0 spiro atoms. The molecule has 5 rings (SSSR count). The van der Waals surface area contributed by atoms with Crippen molar-refractivity contribution in [1.29, 1.82) is 0 Å². The number of rotatable bonds is 5. The van der Waals surface area contributed by atoms with E-state index in [1.807, 2.05) is 31.2 Å². The van der Waals surface area contributed by atoms with E-state index in [9.17, 15) is 13.2 Å². The van der Waals surface area contributed by atoms with Crippen LogP contribution in [0.4, 0.5) is 5.69 Å². The topological polar surface area (TPSA) is 72.5 Å². The van der Waals surface area contributed by atoms with Crippen molar-refractivity contribution in [3.8, 4) is 5.75 Å². The molecule has 0 radical (unpaired) electrons. The summed E-state index contributed by atoms with van der Waals surface area (Å²) in [5.41, 5.74) is 2.40. The number of nitrogens with one attached hydrogen (secondary N) is 1. The zero-order valence-electron chi connectivity index (χ0n) is 17.8. The Kier molecular flexibility index (Phi) is 5.55. The summed E-state index contributed by atoms with van der Waals surface area (Å²) in [5, 5.41) is 4.47. The van der Waals surface area contributed by atoms with E-state index in [4.69, 9.17) is 4.74 Å². The number of aryl methyl sites for hydroxylation is 1. The van der Waals surface area contributed by atoms with E-state index in [2.05, 4.69) is 5.32 Å². The second kappa shape index (κ2) is 8.37. The van der Waals surface area contributed by atoms with Crippen LogP contribution in [0.2, 0.25) is 0 Å². The fourth-order valence-corrected chi connectivity index (χ4v) is 7.40. The number of amides is 1. The van der Waals surface area contributed by atoms with Crippen molar-refractivity contribution in [1.82, 2.24) is 0 Å². The average molecular weight is 468 g/mol. The van der Waals surface area contributed by atoms with E-state index in [-0.39, 0.29) is 21.6 Å². The highest BCUT2D eigenvalue weighted by Crippen LogP contribution is 2.46. The SMILES string of the molecule is Cc1ccc(S(=O)(=O)c2csc3c2NC(=O)C[C@@H]3c2ccc(OC3CCCC3)cc2)cc1. The summed E-state index contributed by atoms with van der Waals surface area (Å²) in [6.07, 6.45) is 5.21. The normalized spacial score (nSPS) is 18.9. The molecule has 2 heterocycles. The zero-order chi connectivity index (χ0) is 22.3. The van der Waals surface area contributed by atoms with Gasteiger partial charge in [0.2, 0.25) is 15.7 Å². The van der Waals surface area contributed by atoms with Gasteiger partial charge < -0.3 is 10.1 Å². The predicted molar refractivity (Wildman–Crippen MR) is 125 cm³/mol. The highest BCUT2D eigenvalue weighted by Gasteiger charge is 2.34. The first-order chi connectivity index (χ1) is 15.4. The number of benzene rings is 2. The lowest BCUT2D eigenvalue weighted by atomic mass is 9.90. The van der Waals surface area contributed by atoms with Gasteiger partial charge in [-0.15, -0.1) is 11.3 Å². The summed E-state index contributed by atoms with van der Waals surface area (Å²) in [6, 6.07) is 14.7. The summed E-state index contributed by atoms with van der Waals surface area (Å²) < 4.78 is 32.6. The van der Waals surface area contributed by atoms with Crippen LogP contribution in [-0.2, 0) is 14.6 Å². The van der Waals surface area contributed by atoms with E-state index >= 15 is 0 Å². The average Bonchev–Trinajstić information content (AvgIpc) is 3.44. The lowest BCUT2D eigenvalue weighted by Crippen LogP contribution is -2.23. The summed E-state index contributed by atoms with van der Waals surface area (Å²) in [5.74, 6) is 0.494. The predicted octanol–water partition coefficient (Wildman–Crippen LogP) is 5.68. The smallest absolute Gasteiger partial charge is 0.225 e. The largest absolute Gasteiger partial charge is 0.490 e. The standard InChI is InChI=1S/C25H25NO4S2/c1-16-6-12-20(13-7-16)32(28,29)22-15-31-25-21(14-23(27)26-24(22)25)17-8-10-19(11-9-17)30-18-4-2-3-5-18/h6-13,15,18,21H,2-5,14H2,1H3,(H,26,27)/t21-/m1/s1. The summed E-state index contributed by atoms with van der Waals surface area (Å²) in [7, 11) is -3.73. The van der Waals surface area contributed by atoms with Crippen molar-refractivity contribution in [2.24, 2.45) is 0 Å². The molecule has 1 N–H and O–H groups in total. The monoisotopic (exact) mass is 467 g/mol. The van der Waals surface area contributed by atoms with Crippen LogP contribution < -0.4 is 10.1 Å². The molecule has 0 bridgehead atoms. The first-order valence-electron chi connectivity index (χ1n) is 10.9. The van der Waals surface area contributed by atoms with Crippen LogP contribution in [0.15, 0.2) is 63.7 Å². The molecule has 2 aliphatic rings. The quantitative estimate of drug-likeness (QED) is 0.524. The summed E-state index contributed by atoms with van der Waals surface area (Å²) >= 11 is 1.39. The van der Waals surface area contributed by atoms with Gasteiger partial charge in [-0.2, -0.15) is 0 Å². The molecule has 1 saturated carbocycles. The number of hydrogen-bond acceptors (Lipinski definition) is 5. The minimum atomic E-state index is -3.73. The minimum absolute atomic E-state index is 0.167. The zero-order valence-corrected chi connectivity index (χ0v) is 19.5. The van der Waals surface area contributed by atoms with Gasteiger partial charge in [0.15, 0.2) is 0 Å². The Hall–Kier alpha value is -2.64. The molecule has 1 aliphatic carbocycles. The second-order valence-corrected chi connectivity index (χ2v) is 11.4. The lowest BCUT2D eigenvalue weighted by molar-refractivity contribution is -0.116. The van der Waals surface area contributed by atoms with E-state index in [1.54, 1.807) is 29.6 Å². The first-order valence-corrected chi connectivity index (χ1v) is 13.3. The highest BCUT2D eigenvalue weighted by molar-refractivity contribution is 7.91. The van der Waals surface area contributed by atoms with E-state index in [0.29, 0.717) is 18.2 Å². The number of anilines is 1. The van der Waals surface area contributed by atoms with Gasteiger partial charge in [0.25, 0.3) is 0 Å². The molecule has 7 heteroatoms. The van der Waals surface area contributed by atoms with Crippen molar-refractivity contribution >= 4 is 32.8 Å². The number of sulfone groups is 1. The molecule has 1 aromatic heterocycles. The third-order valence-electron chi connectivity index (χ3n) is 6.26. The first kappa shape index (κ1) is 21.2. The molecule has 1 amide bonds. The van der Waals surface area contributed by atoms with Crippen LogP contribution in [0, 0.1) is 6.92 Å². The number of carbonyl (C=O) groups excluding carboxylic acids is 1. The summed E-state index contributed by atoms with van der Waals surface area (Å²) in [4.78, 5) is 13.8. The number of carbonyl (C=O) groups is 1. The van der Waals surface area contributed by atoms with Gasteiger partial charge in [-0.25, -0.2) is 8.42 Å². The van der Waals surface area contributed by atoms with Crippen LogP contribution in [0.3, 0.4) is 0 Å². The van der Waals surface area contributed by atoms with Crippen LogP contribution in [0.25, 0.3) is 0 Å². The molecular weight excluding hydrogens is 442 g/mol. The van der Waals surface area contributed by atoms with Crippen LogP contribution >= 0.6 is 11.3 Å². The minimum Gasteiger partial charge on any atom is -0.490 e. The van der Waals surface area contributed by atoms with Gasteiger partial charge in [0, 0.05) is 22.6 Å². The van der Waals surface area contributed by atoms with Gasteiger partial charge in [-0.3, -0.25) is 4.79 Å². The molecule has 0 saturated heterocycles. The number of thiophene rings is 1. The highest BCUT2D eigenvalue weighted by atomic mass is 32.2. The van der Waals surface area contributed by atoms with Gasteiger partial charge in [0.1, 0.15) is 10.6 Å². The maximum Gasteiger partial charge on any atom is 0.225 e. The molecule has 2 aromatic carbocycles. The maximum absolute atomic E-state index is 13.3. The van der Waals surface area contributed by atoms with Crippen LogP contribution in [-0.4, -0.2) is 20.4 Å². The number of ether oxygens (including phenoxy) is 1. The van der Waals surface area contributed by atoms with Gasteiger partial charge in [0.05, 0.1) is 16.7 Å². The Balaban J connectivity index is 1.46. The molecule has 166 valence electrons. The third kappa shape index (κ3) is 3.95. The molecule has 32 heavy (non-hydrogen) atoms. The third-order valence-corrected chi connectivity index (χ3v) is 9.30. The Bertz CT molecular complexity index is 1240. The number of hydrogen-bond donors (Lipinski definition) is 1. The fourth-order valence-electron chi connectivity index (χ4n) is 4.49. The molecule has 1 atom stereocenters. The van der Waals surface area contributed by atoms with Crippen molar-refractivity contribution in [3.05, 3.63) is 69.9 Å². The molecule has 0 unspecified atom stereocenters. The van der Waals surface area contributed by atoms with Gasteiger partial charge >= 0.3 is 0 Å². The molecular formula is C25H25NO4S2. The Morgan fingerprint density at radius 2 is 1.69 bits per heavy atom. The van der Waals surface area contributed by atoms with Crippen molar-refractivity contribution in [3.63, 3.8) is 0 Å². The molecule has 3 aromatic rings. The van der Waals surface area contributed by atoms with Crippen molar-refractivity contribution in [2.45, 2.75) is 60.8 Å². The van der Waals surface area contributed by atoms with E-state index < -0.39 is 9.84 Å². The van der Waals surface area contributed by atoms with Gasteiger partial charge in [-0.05, 0) is 62.4 Å². The van der Waals surface area contributed by atoms with Crippen molar-refractivity contribution < 1.29 is 17.9 Å². The van der Waals surface area contributed by atoms with E-state index in [0.717, 1.165) is 34.6 Å².